The van der Waals surface area contributed by atoms with Crippen LogP contribution in [0.4, 0.5) is 16.2 Å². The SMILES string of the molecule is O=C(Nc1cccc2ccccc12)N1CC(N2CCc3ccccc32)C1. The van der Waals surface area contributed by atoms with Crippen LogP contribution in [0.3, 0.4) is 0 Å². The second-order valence-electron chi connectivity index (χ2n) is 7.09. The van der Waals surface area contributed by atoms with Crippen molar-refractivity contribution in [3.63, 3.8) is 0 Å². The number of anilines is 2. The quantitative estimate of drug-likeness (QED) is 0.760. The van der Waals surface area contributed by atoms with E-state index in [0.717, 1.165) is 42.5 Å². The summed E-state index contributed by atoms with van der Waals surface area (Å²) in [5.41, 5.74) is 3.64. The van der Waals surface area contributed by atoms with Crippen LogP contribution in [0.1, 0.15) is 5.56 Å². The number of urea groups is 1. The molecule has 26 heavy (non-hydrogen) atoms. The summed E-state index contributed by atoms with van der Waals surface area (Å²) < 4.78 is 0. The Morgan fingerprint density at radius 2 is 1.69 bits per heavy atom. The van der Waals surface area contributed by atoms with Crippen LogP contribution in [0.25, 0.3) is 10.8 Å². The van der Waals surface area contributed by atoms with Crippen LogP contribution in [-0.2, 0) is 6.42 Å². The molecule has 0 aromatic heterocycles. The van der Waals surface area contributed by atoms with Crippen molar-refractivity contribution in [1.82, 2.24) is 4.90 Å². The molecular weight excluding hydrogens is 322 g/mol. The molecule has 3 aromatic carbocycles. The smallest absolute Gasteiger partial charge is 0.322 e. The highest BCUT2D eigenvalue weighted by Crippen LogP contribution is 2.32. The lowest BCUT2D eigenvalue weighted by Gasteiger charge is -2.45. The molecule has 0 unspecified atom stereocenters. The van der Waals surface area contributed by atoms with E-state index >= 15 is 0 Å². The number of amides is 2. The Hall–Kier alpha value is -3.01. The molecule has 0 radical (unpaired) electrons. The average molecular weight is 343 g/mol. The van der Waals surface area contributed by atoms with Crippen LogP contribution in [0.5, 0.6) is 0 Å². The Labute approximate surface area is 153 Å². The summed E-state index contributed by atoms with van der Waals surface area (Å²) in [6.45, 7) is 2.62. The second kappa shape index (κ2) is 6.06. The first-order valence-corrected chi connectivity index (χ1v) is 9.18. The molecule has 1 saturated heterocycles. The maximum absolute atomic E-state index is 12.6. The molecule has 0 spiro atoms. The lowest BCUT2D eigenvalue weighted by atomic mass is 10.1. The molecule has 5 rings (SSSR count). The highest BCUT2D eigenvalue weighted by molar-refractivity contribution is 6.01. The van der Waals surface area contributed by atoms with E-state index in [1.54, 1.807) is 0 Å². The van der Waals surface area contributed by atoms with Crippen LogP contribution in [0, 0.1) is 0 Å². The molecule has 1 N–H and O–H groups in total. The summed E-state index contributed by atoms with van der Waals surface area (Å²) >= 11 is 0. The number of fused-ring (bicyclic) bond motifs is 2. The van der Waals surface area contributed by atoms with Gasteiger partial charge in [0.15, 0.2) is 0 Å². The fraction of sp³-hybridized carbons (Fsp3) is 0.227. The van der Waals surface area contributed by atoms with Gasteiger partial charge in [-0.05, 0) is 29.5 Å². The van der Waals surface area contributed by atoms with Crippen molar-refractivity contribution in [2.45, 2.75) is 12.5 Å². The van der Waals surface area contributed by atoms with Gasteiger partial charge in [0.25, 0.3) is 0 Å². The Bertz CT molecular complexity index is 973. The number of nitrogens with one attached hydrogen (secondary N) is 1. The first-order valence-electron chi connectivity index (χ1n) is 9.18. The maximum Gasteiger partial charge on any atom is 0.322 e. The molecule has 1 fully saturated rings. The number of hydrogen-bond acceptors (Lipinski definition) is 2. The monoisotopic (exact) mass is 343 g/mol. The normalized spacial score (nSPS) is 16.5. The standard InChI is InChI=1S/C22H21N3O/c26-22(23-20-10-5-8-16-6-1-3-9-19(16)20)24-14-18(15-24)25-13-12-17-7-2-4-11-21(17)25/h1-11,18H,12-15H2,(H,23,26). The number of likely N-dealkylation sites (tertiary alicyclic amines) is 1. The molecule has 0 aliphatic carbocycles. The lowest BCUT2D eigenvalue weighted by molar-refractivity contribution is 0.162. The third kappa shape index (κ3) is 2.49. The largest absolute Gasteiger partial charge is 0.364 e. The number of benzene rings is 3. The number of para-hydroxylation sites is 1. The summed E-state index contributed by atoms with van der Waals surface area (Å²) in [7, 11) is 0. The maximum atomic E-state index is 12.6. The van der Waals surface area contributed by atoms with E-state index in [9.17, 15) is 4.79 Å². The van der Waals surface area contributed by atoms with Gasteiger partial charge < -0.3 is 15.1 Å². The van der Waals surface area contributed by atoms with Gasteiger partial charge >= 0.3 is 6.03 Å². The van der Waals surface area contributed by atoms with Crippen molar-refractivity contribution >= 4 is 28.2 Å². The van der Waals surface area contributed by atoms with Crippen LogP contribution >= 0.6 is 0 Å². The number of rotatable bonds is 2. The number of carbonyl (C=O) groups is 1. The zero-order chi connectivity index (χ0) is 17.5. The van der Waals surface area contributed by atoms with Crippen LogP contribution in [0.2, 0.25) is 0 Å². The van der Waals surface area contributed by atoms with Gasteiger partial charge in [0, 0.05) is 30.7 Å². The summed E-state index contributed by atoms with van der Waals surface area (Å²) in [5, 5.41) is 5.30. The Kier molecular flexibility index (Phi) is 3.56. The van der Waals surface area contributed by atoms with E-state index in [0.29, 0.717) is 6.04 Å². The Morgan fingerprint density at radius 1 is 0.923 bits per heavy atom. The van der Waals surface area contributed by atoms with Gasteiger partial charge in [0.2, 0.25) is 0 Å². The van der Waals surface area contributed by atoms with E-state index in [1.165, 1.54) is 11.3 Å². The van der Waals surface area contributed by atoms with E-state index in [4.69, 9.17) is 0 Å². The summed E-state index contributed by atoms with van der Waals surface area (Å²) in [6, 6.07) is 23.2. The highest BCUT2D eigenvalue weighted by Gasteiger charge is 2.37. The molecule has 130 valence electrons. The fourth-order valence-electron chi connectivity index (χ4n) is 4.09. The minimum absolute atomic E-state index is 0.00918. The summed E-state index contributed by atoms with van der Waals surface area (Å²) in [6.07, 6.45) is 1.11. The fourth-order valence-corrected chi connectivity index (χ4v) is 4.09. The molecule has 0 saturated carbocycles. The first-order chi connectivity index (χ1) is 12.8. The minimum atomic E-state index is -0.00918. The van der Waals surface area contributed by atoms with Gasteiger partial charge in [-0.25, -0.2) is 4.79 Å². The van der Waals surface area contributed by atoms with Crippen LogP contribution in [-0.4, -0.2) is 36.6 Å². The van der Waals surface area contributed by atoms with Gasteiger partial charge in [0.1, 0.15) is 0 Å². The number of hydrogen-bond donors (Lipinski definition) is 1. The van der Waals surface area contributed by atoms with E-state index in [-0.39, 0.29) is 6.03 Å². The van der Waals surface area contributed by atoms with E-state index < -0.39 is 0 Å². The molecular formula is C22H21N3O. The minimum Gasteiger partial charge on any atom is -0.364 e. The lowest BCUT2D eigenvalue weighted by Crippen LogP contribution is -2.61. The summed E-state index contributed by atoms with van der Waals surface area (Å²) in [5.74, 6) is 0. The predicted molar refractivity (Wildman–Crippen MR) is 106 cm³/mol. The molecule has 2 heterocycles. The second-order valence-corrected chi connectivity index (χ2v) is 7.09. The third-order valence-electron chi connectivity index (χ3n) is 5.54. The zero-order valence-electron chi connectivity index (χ0n) is 14.6. The molecule has 3 aromatic rings. The van der Waals surface area contributed by atoms with E-state index in [2.05, 4.69) is 46.6 Å². The van der Waals surface area contributed by atoms with Gasteiger partial charge in [-0.15, -0.1) is 0 Å². The molecule has 0 bridgehead atoms. The molecule has 4 nitrogen and oxygen atoms in total. The predicted octanol–water partition coefficient (Wildman–Crippen LogP) is 4.12. The zero-order valence-corrected chi connectivity index (χ0v) is 14.6. The average Bonchev–Trinajstić information content (AvgIpc) is 3.05. The van der Waals surface area contributed by atoms with Crippen molar-refractivity contribution in [3.05, 3.63) is 72.3 Å². The van der Waals surface area contributed by atoms with Gasteiger partial charge in [-0.1, -0.05) is 54.6 Å². The third-order valence-corrected chi connectivity index (χ3v) is 5.54. The van der Waals surface area contributed by atoms with Crippen molar-refractivity contribution in [3.8, 4) is 0 Å². The van der Waals surface area contributed by atoms with Gasteiger partial charge in [-0.2, -0.15) is 0 Å². The number of nitrogens with zero attached hydrogens (tertiary/aromatic N) is 2. The summed E-state index contributed by atoms with van der Waals surface area (Å²) in [4.78, 5) is 17.0. The molecule has 0 atom stereocenters. The van der Waals surface area contributed by atoms with Crippen molar-refractivity contribution in [2.75, 3.05) is 29.9 Å². The van der Waals surface area contributed by atoms with Crippen molar-refractivity contribution < 1.29 is 4.79 Å². The molecule has 2 aliphatic rings. The van der Waals surface area contributed by atoms with Crippen LogP contribution < -0.4 is 10.2 Å². The highest BCUT2D eigenvalue weighted by atomic mass is 16.2. The molecule has 2 aliphatic heterocycles. The van der Waals surface area contributed by atoms with Crippen molar-refractivity contribution in [1.29, 1.82) is 0 Å². The molecule has 4 heteroatoms. The topological polar surface area (TPSA) is 35.6 Å². The van der Waals surface area contributed by atoms with Gasteiger partial charge in [0.05, 0.1) is 11.7 Å². The molecule has 2 amide bonds. The van der Waals surface area contributed by atoms with Gasteiger partial charge in [-0.3, -0.25) is 0 Å². The Morgan fingerprint density at radius 3 is 2.62 bits per heavy atom. The van der Waals surface area contributed by atoms with E-state index in [1.807, 2.05) is 35.2 Å². The van der Waals surface area contributed by atoms with Crippen molar-refractivity contribution in [2.24, 2.45) is 0 Å². The van der Waals surface area contributed by atoms with Crippen LogP contribution in [0.15, 0.2) is 66.7 Å². The Balaban J connectivity index is 1.26. The number of carbonyl (C=O) groups excluding carboxylic acids is 1. The first kappa shape index (κ1) is 15.3.